The van der Waals surface area contributed by atoms with Crippen molar-refractivity contribution in [2.24, 2.45) is 11.8 Å². The van der Waals surface area contributed by atoms with Gasteiger partial charge in [0.1, 0.15) is 62.2 Å². The van der Waals surface area contributed by atoms with Crippen molar-refractivity contribution in [1.82, 2.24) is 0 Å². The summed E-state index contributed by atoms with van der Waals surface area (Å²) < 4.78 is 38.0. The summed E-state index contributed by atoms with van der Waals surface area (Å²) in [7, 11) is 0. The summed E-state index contributed by atoms with van der Waals surface area (Å²) in [6.45, 7) is -1.34. The van der Waals surface area contributed by atoms with E-state index >= 15 is 19.2 Å². The predicted molar refractivity (Wildman–Crippen MR) is 344 cm³/mol. The summed E-state index contributed by atoms with van der Waals surface area (Å²) in [5.74, 6) is -9.63. The van der Waals surface area contributed by atoms with Gasteiger partial charge in [-0.1, -0.05) is 146 Å². The standard InChI is InChI=1S/C76H42N4O14S2/c77-33-47-23-53-54(24-48(47)34-78)66(82)59(65(53)81)29-51-31-63-69(95-51)57-21-46-28-62-58(22-45(46)27-61(57)75(93-63,71(85)89-37-41-13-5-1-6-14-41)72(86)90-38-42-15-7-2-8-16-42)70-64(32-52(96-70)30-60-67(83)55-25-49(35-79)50(36-80)26-56(55)68(60)84)94-76(62,73(87)91-39-43-17-9-3-10-18-43)74(88)92-40-44-19-11-4-12-20-44/h1-32,45-46H,37-40H2. The predicted octanol–water partition coefficient (Wildman–Crippen LogP) is 12.0. The SMILES string of the molecule is N#Cc1cc2c(cc1C#N)C(=O)C(=Cc1cc3c(s1)C1=CC4C=C5C(=CC4C=C1C(C(=O)OCc1ccccc1)(C(=O)OCc1ccccc1)O3)c1sc(C=C3C(=O)c4cc(C#N)c(C#N)cc4C3=O)cc1OC5(C(=O)OCc1ccccc1)C(=O)OCc1ccccc1)C2=O. The minimum atomic E-state index is -2.77. The lowest BCUT2D eigenvalue weighted by atomic mass is 9.68. The number of carbonyl (C=O) groups excluding carboxylic acids is 8. The van der Waals surface area contributed by atoms with E-state index in [0.29, 0.717) is 22.3 Å². The highest BCUT2D eigenvalue weighted by atomic mass is 32.1. The fraction of sp³-hybridized carbons (Fsp3) is 0.105. The number of ether oxygens (including phenoxy) is 6. The molecular weight excluding hydrogens is 1260 g/mol. The quantitative estimate of drug-likeness (QED) is 0.0321. The van der Waals surface area contributed by atoms with Crippen LogP contribution in [0.4, 0.5) is 0 Å². The molecule has 4 aliphatic carbocycles. The van der Waals surface area contributed by atoms with Crippen LogP contribution in [0.25, 0.3) is 23.3 Å². The van der Waals surface area contributed by atoms with Crippen LogP contribution in [-0.2, 0) is 64.6 Å². The zero-order valence-corrected chi connectivity index (χ0v) is 51.4. The molecular formula is C76H42N4O14S2. The molecule has 6 aromatic carbocycles. The molecule has 18 nitrogen and oxygen atoms in total. The van der Waals surface area contributed by atoms with Crippen LogP contribution in [0.1, 0.15) is 105 Å². The Kier molecular flexibility index (Phi) is 15.5. The molecule has 462 valence electrons. The third-order valence-corrected chi connectivity index (χ3v) is 19.2. The van der Waals surface area contributed by atoms with Crippen LogP contribution in [-0.4, -0.2) is 58.2 Å². The molecule has 0 fully saturated rings. The molecule has 96 heavy (non-hydrogen) atoms. The van der Waals surface area contributed by atoms with Crippen LogP contribution in [0.3, 0.4) is 0 Å². The zero-order valence-electron chi connectivity index (χ0n) is 49.8. The van der Waals surface area contributed by atoms with E-state index in [1.165, 1.54) is 48.6 Å². The molecule has 0 saturated carbocycles. The molecule has 2 unspecified atom stereocenters. The lowest BCUT2D eigenvalue weighted by Gasteiger charge is -2.42. The summed E-state index contributed by atoms with van der Waals surface area (Å²) in [6.07, 6.45) is 9.32. The summed E-state index contributed by atoms with van der Waals surface area (Å²) in [5, 5.41) is 39.2. The molecule has 2 aromatic heterocycles. The van der Waals surface area contributed by atoms with E-state index in [1.54, 1.807) is 146 Å². The van der Waals surface area contributed by atoms with Gasteiger partial charge in [0, 0.05) is 66.1 Å². The molecule has 0 radical (unpaired) electrons. The number of allylic oxidation sites excluding steroid dienone is 6. The first-order valence-electron chi connectivity index (χ1n) is 29.6. The first-order chi connectivity index (χ1) is 46.6. The maximum Gasteiger partial charge on any atom is 0.367 e. The van der Waals surface area contributed by atoms with Crippen molar-refractivity contribution < 1.29 is 66.8 Å². The Hall–Kier alpha value is -12.7. The second-order valence-electron chi connectivity index (χ2n) is 22.7. The highest BCUT2D eigenvalue weighted by Crippen LogP contribution is 2.58. The Bertz CT molecular complexity index is 4630. The second kappa shape index (κ2) is 24.4. The van der Waals surface area contributed by atoms with E-state index in [9.17, 15) is 40.2 Å². The third-order valence-electron chi connectivity index (χ3n) is 17.0. The van der Waals surface area contributed by atoms with Gasteiger partial charge < -0.3 is 28.4 Å². The molecule has 0 spiro atoms. The van der Waals surface area contributed by atoms with Gasteiger partial charge in [-0.2, -0.15) is 21.0 Å². The van der Waals surface area contributed by atoms with E-state index in [-0.39, 0.29) is 135 Å². The zero-order chi connectivity index (χ0) is 66.6. The molecule has 0 bridgehead atoms. The van der Waals surface area contributed by atoms with Crippen molar-refractivity contribution in [2.75, 3.05) is 0 Å². The van der Waals surface area contributed by atoms with Crippen molar-refractivity contribution in [2.45, 2.75) is 37.6 Å². The molecule has 14 rings (SSSR count). The Labute approximate surface area is 553 Å². The number of hydrogen-bond donors (Lipinski definition) is 0. The van der Waals surface area contributed by atoms with Crippen LogP contribution in [0, 0.1) is 57.2 Å². The van der Waals surface area contributed by atoms with E-state index < -0.39 is 70.0 Å². The number of hydrogen-bond acceptors (Lipinski definition) is 20. The minimum absolute atomic E-state index is 0.0489. The summed E-state index contributed by atoms with van der Waals surface area (Å²) in [4.78, 5) is 120. The van der Waals surface area contributed by atoms with Crippen LogP contribution in [0.2, 0.25) is 0 Å². The maximum atomic E-state index is 15.6. The van der Waals surface area contributed by atoms with Crippen LogP contribution in [0.5, 0.6) is 11.5 Å². The van der Waals surface area contributed by atoms with Crippen LogP contribution < -0.4 is 9.47 Å². The molecule has 4 heterocycles. The van der Waals surface area contributed by atoms with Gasteiger partial charge in [-0.25, -0.2) is 19.2 Å². The van der Waals surface area contributed by atoms with Crippen LogP contribution in [0.15, 0.2) is 204 Å². The molecule has 8 aromatic rings. The lowest BCUT2D eigenvalue weighted by molar-refractivity contribution is -0.179. The smallest absolute Gasteiger partial charge is 0.367 e. The average Bonchev–Trinajstić information content (AvgIpc) is 1.13. The maximum absolute atomic E-state index is 15.6. The molecule has 2 aliphatic heterocycles. The number of ketones is 4. The van der Waals surface area contributed by atoms with E-state index in [0.717, 1.165) is 22.7 Å². The van der Waals surface area contributed by atoms with Crippen molar-refractivity contribution in [3.05, 3.63) is 291 Å². The Balaban J connectivity index is 0.956. The number of benzene rings is 6. The van der Waals surface area contributed by atoms with Gasteiger partial charge in [-0.05, 0) is 70.8 Å². The first kappa shape index (κ1) is 60.8. The normalized spacial score (nSPS) is 16.8. The van der Waals surface area contributed by atoms with Gasteiger partial charge in [0.05, 0.1) is 43.2 Å². The Morgan fingerprint density at radius 3 is 0.938 bits per heavy atom. The van der Waals surface area contributed by atoms with Crippen LogP contribution >= 0.6 is 22.7 Å². The van der Waals surface area contributed by atoms with Crippen molar-refractivity contribution in [1.29, 1.82) is 21.0 Å². The monoisotopic (exact) mass is 1300 g/mol. The first-order valence-corrected chi connectivity index (χ1v) is 31.3. The van der Waals surface area contributed by atoms with Gasteiger partial charge in [-0.3, -0.25) is 19.2 Å². The number of rotatable bonds is 14. The molecule has 0 N–H and O–H groups in total. The number of nitriles is 4. The summed E-state index contributed by atoms with van der Waals surface area (Å²) in [5.41, 5.74) is -4.36. The third kappa shape index (κ3) is 10.3. The fourth-order valence-corrected chi connectivity index (χ4v) is 14.4. The second-order valence-corrected chi connectivity index (χ2v) is 24.9. The van der Waals surface area contributed by atoms with Gasteiger partial charge >= 0.3 is 35.1 Å². The number of carbonyl (C=O) groups is 8. The largest absolute Gasteiger partial charge is 0.458 e. The fourth-order valence-electron chi connectivity index (χ4n) is 12.3. The van der Waals surface area contributed by atoms with E-state index in [1.807, 2.05) is 24.3 Å². The van der Waals surface area contributed by atoms with Crippen molar-refractivity contribution in [3.63, 3.8) is 0 Å². The van der Waals surface area contributed by atoms with Gasteiger partial charge in [0.2, 0.25) is 0 Å². The van der Waals surface area contributed by atoms with Gasteiger partial charge in [0.15, 0.2) is 23.1 Å². The summed E-state index contributed by atoms with van der Waals surface area (Å²) in [6, 6.07) is 50.0. The Morgan fingerprint density at radius 2 is 0.677 bits per heavy atom. The Morgan fingerprint density at radius 1 is 0.406 bits per heavy atom. The van der Waals surface area contributed by atoms with E-state index in [2.05, 4.69) is 0 Å². The average molecular weight is 1300 g/mol. The molecule has 0 saturated heterocycles. The number of thiophene rings is 2. The number of Topliss-reactive ketones (excluding diaryl/α,β-unsaturated/α-hetero) is 4. The minimum Gasteiger partial charge on any atom is -0.458 e. The van der Waals surface area contributed by atoms with Gasteiger partial charge in [-0.15, -0.1) is 22.7 Å². The number of esters is 4. The molecule has 2 atom stereocenters. The highest BCUT2D eigenvalue weighted by molar-refractivity contribution is 7.15. The topological polar surface area (TPSA) is 287 Å². The lowest BCUT2D eigenvalue weighted by Crippen LogP contribution is -2.58. The molecule has 6 aliphatic rings. The van der Waals surface area contributed by atoms with Gasteiger partial charge in [0.25, 0.3) is 0 Å². The van der Waals surface area contributed by atoms with E-state index in [4.69, 9.17) is 28.4 Å². The molecule has 0 amide bonds. The van der Waals surface area contributed by atoms with Crippen molar-refractivity contribution in [3.8, 4) is 35.8 Å². The highest BCUT2D eigenvalue weighted by Gasteiger charge is 2.63. The summed E-state index contributed by atoms with van der Waals surface area (Å²) >= 11 is 2.05. The number of nitrogens with zero attached hydrogens (tertiary/aromatic N) is 4. The van der Waals surface area contributed by atoms with Crippen molar-refractivity contribution >= 4 is 93.0 Å². The number of fused-ring (bicyclic) bond motifs is 9. The molecule has 20 heteroatoms.